The summed E-state index contributed by atoms with van der Waals surface area (Å²) in [5.41, 5.74) is 2.75. The van der Waals surface area contributed by atoms with Crippen molar-refractivity contribution in [1.82, 2.24) is 20.2 Å². The van der Waals surface area contributed by atoms with E-state index in [2.05, 4.69) is 20.6 Å². The molecule has 0 saturated carbocycles. The Morgan fingerprint density at radius 1 is 1.03 bits per heavy atom. The van der Waals surface area contributed by atoms with Crippen LogP contribution in [0, 0.1) is 0 Å². The van der Waals surface area contributed by atoms with Crippen molar-refractivity contribution in [1.29, 1.82) is 0 Å². The van der Waals surface area contributed by atoms with E-state index in [4.69, 9.17) is 11.6 Å². The van der Waals surface area contributed by atoms with Crippen molar-refractivity contribution in [3.05, 3.63) is 100 Å². The summed E-state index contributed by atoms with van der Waals surface area (Å²) in [6.07, 6.45) is -3.22. The molecule has 0 saturated heterocycles. The predicted octanol–water partition coefficient (Wildman–Crippen LogP) is 6.59. The van der Waals surface area contributed by atoms with E-state index in [0.29, 0.717) is 10.6 Å². The highest BCUT2D eigenvalue weighted by Gasteiger charge is 2.35. The molecule has 36 heavy (non-hydrogen) atoms. The fraction of sp³-hybridized carbons (Fsp3) is 0.0400. The lowest BCUT2D eigenvalue weighted by Crippen LogP contribution is -2.18. The molecule has 0 bridgehead atoms. The number of benzene rings is 3. The summed E-state index contributed by atoms with van der Waals surface area (Å²) in [6, 6.07) is 20.7. The maximum atomic E-state index is 13.5. The Morgan fingerprint density at radius 3 is 2.53 bits per heavy atom. The number of aromatic nitrogens is 3. The Labute approximate surface area is 211 Å². The Hall–Kier alpha value is -4.02. The Kier molecular flexibility index (Phi) is 6.29. The summed E-state index contributed by atoms with van der Waals surface area (Å²) in [5.74, 6) is -0.613. The number of hydrogen-bond donors (Lipinski definition) is 1. The number of rotatable bonds is 5. The highest BCUT2D eigenvalue weighted by Crippen LogP contribution is 2.34. The number of hydrogen-bond acceptors (Lipinski definition) is 5. The molecule has 0 aliphatic heterocycles. The Balaban J connectivity index is 1.45. The molecular weight excluding hydrogens is 511 g/mol. The first-order valence-corrected chi connectivity index (χ1v) is 11.7. The Morgan fingerprint density at radius 2 is 1.78 bits per heavy atom. The molecule has 1 amide bonds. The van der Waals surface area contributed by atoms with E-state index in [-0.39, 0.29) is 16.5 Å². The lowest BCUT2D eigenvalue weighted by Gasteiger charge is -2.06. The number of thiazole rings is 1. The summed E-state index contributed by atoms with van der Waals surface area (Å²) in [5, 5.41) is 11.6. The minimum Gasteiger partial charge on any atom is -0.266 e. The third-order valence-corrected chi connectivity index (χ3v) is 6.27. The fourth-order valence-electron chi connectivity index (χ4n) is 3.46. The van der Waals surface area contributed by atoms with Crippen molar-refractivity contribution in [3.63, 3.8) is 0 Å². The highest BCUT2D eigenvalue weighted by molar-refractivity contribution is 7.12. The van der Waals surface area contributed by atoms with Gasteiger partial charge in [0.1, 0.15) is 5.69 Å². The summed E-state index contributed by atoms with van der Waals surface area (Å²) < 4.78 is 41.7. The quantitative estimate of drug-likeness (QED) is 0.208. The van der Waals surface area contributed by atoms with E-state index in [9.17, 15) is 18.0 Å². The number of hydrazone groups is 1. The van der Waals surface area contributed by atoms with Crippen LogP contribution in [-0.4, -0.2) is 26.9 Å². The SMILES string of the molecule is O=C(N/N=C/c1ccc(Cl)cc1)c1csc(-n2nc(C(F)(F)F)cc2-c2ccc3ccccc3c2)n1. The van der Waals surface area contributed by atoms with Gasteiger partial charge in [-0.15, -0.1) is 11.3 Å². The molecule has 11 heteroatoms. The second-order valence-electron chi connectivity index (χ2n) is 7.65. The number of nitrogens with one attached hydrogen (secondary N) is 1. The van der Waals surface area contributed by atoms with Crippen LogP contribution in [0.15, 0.2) is 83.3 Å². The topological polar surface area (TPSA) is 72.2 Å². The van der Waals surface area contributed by atoms with Crippen LogP contribution in [0.5, 0.6) is 0 Å². The van der Waals surface area contributed by atoms with Crippen molar-refractivity contribution in [2.45, 2.75) is 6.18 Å². The average molecular weight is 526 g/mol. The van der Waals surface area contributed by atoms with Crippen LogP contribution in [0.4, 0.5) is 13.2 Å². The molecule has 0 atom stereocenters. The first-order valence-electron chi connectivity index (χ1n) is 10.5. The number of carbonyl (C=O) groups is 1. The van der Waals surface area contributed by atoms with E-state index < -0.39 is 17.8 Å². The minimum absolute atomic E-state index is 0.00298. The highest BCUT2D eigenvalue weighted by atomic mass is 35.5. The number of fused-ring (bicyclic) bond motifs is 1. The van der Waals surface area contributed by atoms with Crippen molar-refractivity contribution < 1.29 is 18.0 Å². The molecule has 3 aromatic carbocycles. The van der Waals surface area contributed by atoms with Crippen LogP contribution in [-0.2, 0) is 6.18 Å². The third-order valence-electron chi connectivity index (χ3n) is 5.20. The van der Waals surface area contributed by atoms with Crippen LogP contribution >= 0.6 is 22.9 Å². The molecule has 5 rings (SSSR count). The molecule has 5 aromatic rings. The number of carbonyl (C=O) groups excluding carboxylic acids is 1. The molecular formula is C25H15ClF3N5OS. The van der Waals surface area contributed by atoms with E-state index in [0.717, 1.165) is 38.4 Å². The minimum atomic E-state index is -4.65. The summed E-state index contributed by atoms with van der Waals surface area (Å²) in [6.45, 7) is 0. The first-order chi connectivity index (χ1) is 17.3. The molecule has 6 nitrogen and oxygen atoms in total. The summed E-state index contributed by atoms with van der Waals surface area (Å²) in [7, 11) is 0. The van der Waals surface area contributed by atoms with Gasteiger partial charge in [0, 0.05) is 16.0 Å². The van der Waals surface area contributed by atoms with Crippen LogP contribution in [0.3, 0.4) is 0 Å². The van der Waals surface area contributed by atoms with Gasteiger partial charge in [0.2, 0.25) is 5.13 Å². The van der Waals surface area contributed by atoms with Gasteiger partial charge >= 0.3 is 6.18 Å². The summed E-state index contributed by atoms with van der Waals surface area (Å²) >= 11 is 6.83. The van der Waals surface area contributed by atoms with Crippen molar-refractivity contribution >= 4 is 45.8 Å². The van der Waals surface area contributed by atoms with Gasteiger partial charge in [-0.2, -0.15) is 23.4 Å². The van der Waals surface area contributed by atoms with Gasteiger partial charge in [0.25, 0.3) is 5.91 Å². The van der Waals surface area contributed by atoms with Crippen LogP contribution in [0.1, 0.15) is 21.7 Å². The lowest BCUT2D eigenvalue weighted by molar-refractivity contribution is -0.141. The average Bonchev–Trinajstić information content (AvgIpc) is 3.53. The molecule has 1 N–H and O–H groups in total. The third kappa shape index (κ3) is 5.00. The molecule has 0 aliphatic rings. The van der Waals surface area contributed by atoms with Gasteiger partial charge in [-0.1, -0.05) is 60.1 Å². The second-order valence-corrected chi connectivity index (χ2v) is 8.93. The maximum Gasteiger partial charge on any atom is 0.435 e. The Bertz CT molecular complexity index is 1590. The monoisotopic (exact) mass is 525 g/mol. The van der Waals surface area contributed by atoms with Crippen LogP contribution in [0.25, 0.3) is 27.2 Å². The zero-order valence-electron chi connectivity index (χ0n) is 18.2. The lowest BCUT2D eigenvalue weighted by atomic mass is 10.0. The van der Waals surface area contributed by atoms with E-state index in [1.165, 1.54) is 11.6 Å². The molecule has 0 unspecified atom stereocenters. The smallest absolute Gasteiger partial charge is 0.266 e. The van der Waals surface area contributed by atoms with Crippen LogP contribution in [0.2, 0.25) is 5.02 Å². The number of alkyl halides is 3. The standard InChI is InChI=1S/C25H15ClF3N5OS/c26-19-9-5-15(6-10-19)13-30-32-23(35)20-14-36-24(31-20)34-21(12-22(33-34)25(27,28)29)18-8-7-16-3-1-2-4-17(16)11-18/h1-14H,(H,32,35)/b30-13+. The molecule has 0 fully saturated rings. The predicted molar refractivity (Wildman–Crippen MR) is 134 cm³/mol. The number of halogens is 4. The second kappa shape index (κ2) is 9.56. The molecule has 180 valence electrons. The zero-order chi connectivity index (χ0) is 25.3. The molecule has 0 radical (unpaired) electrons. The van der Waals surface area contributed by atoms with Gasteiger partial charge in [0.15, 0.2) is 5.69 Å². The molecule has 2 heterocycles. The maximum absolute atomic E-state index is 13.5. The number of amides is 1. The normalized spacial score (nSPS) is 11.9. The number of nitrogens with zero attached hydrogens (tertiary/aromatic N) is 4. The van der Waals surface area contributed by atoms with E-state index in [1.807, 2.05) is 30.3 Å². The van der Waals surface area contributed by atoms with Gasteiger partial charge in [-0.05, 0) is 40.6 Å². The van der Waals surface area contributed by atoms with Crippen molar-refractivity contribution in [3.8, 4) is 16.4 Å². The largest absolute Gasteiger partial charge is 0.435 e. The van der Waals surface area contributed by atoms with Crippen LogP contribution < -0.4 is 5.43 Å². The van der Waals surface area contributed by atoms with Gasteiger partial charge < -0.3 is 0 Å². The molecule has 0 aliphatic carbocycles. The first kappa shape index (κ1) is 23.7. The zero-order valence-corrected chi connectivity index (χ0v) is 19.8. The van der Waals surface area contributed by atoms with Gasteiger partial charge in [0.05, 0.1) is 11.9 Å². The van der Waals surface area contributed by atoms with Gasteiger partial charge in [-0.25, -0.2) is 15.1 Å². The fourth-order valence-corrected chi connectivity index (χ4v) is 4.35. The van der Waals surface area contributed by atoms with E-state index in [1.54, 1.807) is 36.4 Å². The molecule has 2 aromatic heterocycles. The van der Waals surface area contributed by atoms with E-state index >= 15 is 0 Å². The summed E-state index contributed by atoms with van der Waals surface area (Å²) in [4.78, 5) is 16.7. The van der Waals surface area contributed by atoms with Crippen molar-refractivity contribution in [2.24, 2.45) is 5.10 Å². The molecule has 0 spiro atoms. The van der Waals surface area contributed by atoms with Crippen molar-refractivity contribution in [2.75, 3.05) is 0 Å². The van der Waals surface area contributed by atoms with Gasteiger partial charge in [-0.3, -0.25) is 4.79 Å².